The highest BCUT2D eigenvalue weighted by Gasteiger charge is 2.37. The Morgan fingerprint density at radius 2 is 1.70 bits per heavy atom. The molecule has 3 amide bonds. The van der Waals surface area contributed by atoms with Gasteiger partial charge in [0.2, 0.25) is 0 Å². The molecule has 3 aromatic carbocycles. The first-order valence-corrected chi connectivity index (χ1v) is 11.9. The van der Waals surface area contributed by atoms with Crippen molar-refractivity contribution in [2.24, 2.45) is 0 Å². The van der Waals surface area contributed by atoms with Crippen molar-refractivity contribution >= 4 is 40.2 Å². The summed E-state index contributed by atoms with van der Waals surface area (Å²) in [5.41, 5.74) is 0.576. The summed E-state index contributed by atoms with van der Waals surface area (Å²) in [7, 11) is 0. The Balaban J connectivity index is 1.69. The molecule has 1 heterocycles. The van der Waals surface area contributed by atoms with Crippen LogP contribution in [0.5, 0.6) is 0 Å². The van der Waals surface area contributed by atoms with E-state index in [1.807, 2.05) is 6.92 Å². The van der Waals surface area contributed by atoms with Crippen LogP contribution < -0.4 is 0 Å². The number of carboxylic acid groups (broad SMARTS) is 1. The SMILES string of the molecule is CCCC[C@@H](C(=O)O)N(CCN1C(=O)c2ccccc2C1=O)C(=O)c1cccc2cc([N+](=O)[O-])ccc12. The number of imide groups is 1. The van der Waals surface area contributed by atoms with Crippen LogP contribution in [-0.4, -0.2) is 62.7 Å². The first-order chi connectivity index (χ1) is 17.7. The summed E-state index contributed by atoms with van der Waals surface area (Å²) >= 11 is 0. The van der Waals surface area contributed by atoms with Crippen LogP contribution in [0, 0.1) is 10.1 Å². The molecule has 1 N–H and O–H groups in total. The van der Waals surface area contributed by atoms with Crippen molar-refractivity contribution in [1.82, 2.24) is 9.80 Å². The van der Waals surface area contributed by atoms with E-state index in [9.17, 15) is 34.4 Å². The summed E-state index contributed by atoms with van der Waals surface area (Å²) in [5, 5.41) is 22.1. The van der Waals surface area contributed by atoms with Crippen LogP contribution in [-0.2, 0) is 4.79 Å². The van der Waals surface area contributed by atoms with Crippen molar-refractivity contribution in [3.8, 4) is 0 Å². The number of amides is 3. The normalized spacial score (nSPS) is 13.5. The highest BCUT2D eigenvalue weighted by molar-refractivity contribution is 6.21. The maximum atomic E-state index is 13.8. The van der Waals surface area contributed by atoms with Gasteiger partial charge < -0.3 is 10.0 Å². The predicted octanol–water partition coefficient (Wildman–Crippen LogP) is 4.13. The summed E-state index contributed by atoms with van der Waals surface area (Å²) in [6, 6.07) is 14.1. The average Bonchev–Trinajstić information content (AvgIpc) is 3.14. The lowest BCUT2D eigenvalue weighted by Gasteiger charge is -2.31. The zero-order chi connectivity index (χ0) is 26.7. The van der Waals surface area contributed by atoms with E-state index in [1.54, 1.807) is 36.4 Å². The Hall–Kier alpha value is -4.60. The van der Waals surface area contributed by atoms with E-state index in [0.29, 0.717) is 23.6 Å². The fourth-order valence-electron chi connectivity index (χ4n) is 4.58. The molecule has 0 saturated heterocycles. The molecule has 0 bridgehead atoms. The molecule has 4 rings (SSSR count). The number of unbranched alkanes of at least 4 members (excludes halogenated alkanes) is 1. The summed E-state index contributed by atoms with van der Waals surface area (Å²) in [6.45, 7) is 1.54. The number of nitro groups is 1. The number of carbonyl (C=O) groups is 4. The molecular formula is C27H25N3O7. The van der Waals surface area contributed by atoms with Crippen molar-refractivity contribution in [2.45, 2.75) is 32.2 Å². The molecule has 1 aliphatic rings. The highest BCUT2D eigenvalue weighted by Crippen LogP contribution is 2.27. The zero-order valence-corrected chi connectivity index (χ0v) is 20.1. The van der Waals surface area contributed by atoms with Gasteiger partial charge in [-0.25, -0.2) is 4.79 Å². The van der Waals surface area contributed by atoms with E-state index in [-0.39, 0.29) is 41.9 Å². The smallest absolute Gasteiger partial charge is 0.326 e. The zero-order valence-electron chi connectivity index (χ0n) is 20.1. The maximum Gasteiger partial charge on any atom is 0.326 e. The second-order valence-electron chi connectivity index (χ2n) is 8.77. The molecule has 0 unspecified atom stereocenters. The van der Waals surface area contributed by atoms with Crippen molar-refractivity contribution in [1.29, 1.82) is 0 Å². The monoisotopic (exact) mass is 503 g/mol. The minimum atomic E-state index is -1.19. The second-order valence-corrected chi connectivity index (χ2v) is 8.77. The van der Waals surface area contributed by atoms with E-state index in [0.717, 1.165) is 4.90 Å². The van der Waals surface area contributed by atoms with Crippen LogP contribution in [0.25, 0.3) is 10.8 Å². The van der Waals surface area contributed by atoms with Gasteiger partial charge in [0.05, 0.1) is 16.1 Å². The van der Waals surface area contributed by atoms with Crippen LogP contribution in [0.15, 0.2) is 60.7 Å². The van der Waals surface area contributed by atoms with Gasteiger partial charge in [0, 0.05) is 30.8 Å². The fourth-order valence-corrected chi connectivity index (χ4v) is 4.58. The van der Waals surface area contributed by atoms with Gasteiger partial charge in [0.25, 0.3) is 23.4 Å². The van der Waals surface area contributed by atoms with E-state index in [4.69, 9.17) is 0 Å². The quantitative estimate of drug-likeness (QED) is 0.249. The van der Waals surface area contributed by atoms with E-state index in [1.165, 1.54) is 29.2 Å². The molecule has 1 aliphatic heterocycles. The van der Waals surface area contributed by atoms with Gasteiger partial charge in [0.1, 0.15) is 6.04 Å². The molecule has 0 saturated carbocycles. The van der Waals surface area contributed by atoms with Crippen molar-refractivity contribution in [3.63, 3.8) is 0 Å². The summed E-state index contributed by atoms with van der Waals surface area (Å²) in [5.74, 6) is -2.78. The molecule has 0 radical (unpaired) electrons. The highest BCUT2D eigenvalue weighted by atomic mass is 16.6. The van der Waals surface area contributed by atoms with Gasteiger partial charge in [-0.1, -0.05) is 44.0 Å². The number of carboxylic acids is 1. The number of benzene rings is 3. The van der Waals surface area contributed by atoms with E-state index >= 15 is 0 Å². The minimum Gasteiger partial charge on any atom is -0.480 e. The van der Waals surface area contributed by atoms with Gasteiger partial charge in [-0.05, 0) is 41.5 Å². The summed E-state index contributed by atoms with van der Waals surface area (Å²) in [6.07, 6.45) is 1.45. The lowest BCUT2D eigenvalue weighted by molar-refractivity contribution is -0.384. The Kier molecular flexibility index (Phi) is 7.28. The van der Waals surface area contributed by atoms with Crippen LogP contribution in [0.1, 0.15) is 57.3 Å². The number of aliphatic carboxylic acids is 1. The minimum absolute atomic E-state index is 0.133. The molecule has 3 aromatic rings. The first kappa shape index (κ1) is 25.5. The van der Waals surface area contributed by atoms with Crippen molar-refractivity contribution < 1.29 is 29.2 Å². The van der Waals surface area contributed by atoms with Crippen LogP contribution >= 0.6 is 0 Å². The maximum absolute atomic E-state index is 13.8. The Morgan fingerprint density at radius 1 is 1.03 bits per heavy atom. The van der Waals surface area contributed by atoms with Crippen LogP contribution in [0.2, 0.25) is 0 Å². The molecule has 0 spiro atoms. The number of nitro benzene ring substituents is 1. The van der Waals surface area contributed by atoms with Gasteiger partial charge >= 0.3 is 5.97 Å². The van der Waals surface area contributed by atoms with Crippen LogP contribution in [0.3, 0.4) is 0 Å². The van der Waals surface area contributed by atoms with E-state index < -0.39 is 34.7 Å². The Labute approximate surface area is 212 Å². The Bertz CT molecular complexity index is 1380. The van der Waals surface area contributed by atoms with Crippen molar-refractivity contribution in [2.75, 3.05) is 13.1 Å². The predicted molar refractivity (Wildman–Crippen MR) is 134 cm³/mol. The van der Waals surface area contributed by atoms with Gasteiger partial charge in [-0.3, -0.25) is 29.4 Å². The molecule has 10 heteroatoms. The molecule has 37 heavy (non-hydrogen) atoms. The van der Waals surface area contributed by atoms with Gasteiger partial charge in [-0.15, -0.1) is 0 Å². The lowest BCUT2D eigenvalue weighted by Crippen LogP contribution is -2.49. The number of hydrogen-bond donors (Lipinski definition) is 1. The number of carbonyl (C=O) groups excluding carboxylic acids is 3. The number of nitrogens with zero attached hydrogens (tertiary/aromatic N) is 3. The first-order valence-electron chi connectivity index (χ1n) is 11.9. The summed E-state index contributed by atoms with van der Waals surface area (Å²) < 4.78 is 0. The number of fused-ring (bicyclic) bond motifs is 2. The summed E-state index contributed by atoms with van der Waals surface area (Å²) in [4.78, 5) is 64.6. The topological polar surface area (TPSA) is 138 Å². The second kappa shape index (κ2) is 10.6. The molecule has 0 aromatic heterocycles. The lowest BCUT2D eigenvalue weighted by atomic mass is 10.0. The molecule has 1 atom stereocenters. The number of rotatable bonds is 10. The third kappa shape index (κ3) is 4.90. The third-order valence-corrected chi connectivity index (χ3v) is 6.50. The standard InChI is InChI=1S/C27H25N3O7/c1-2-3-11-23(27(34)35)28(14-15-29-25(32)21-8-4-5-9-22(21)26(29)33)24(31)20-10-6-7-17-16-18(30(36)37)12-13-19(17)20/h4-10,12-13,16,23H,2-3,11,14-15H2,1H3,(H,34,35)/t23-/m0/s1. The number of non-ortho nitro benzene ring substituents is 1. The van der Waals surface area contributed by atoms with Gasteiger partial charge in [-0.2, -0.15) is 0 Å². The average molecular weight is 504 g/mol. The van der Waals surface area contributed by atoms with Crippen LogP contribution in [0.4, 0.5) is 5.69 Å². The van der Waals surface area contributed by atoms with Gasteiger partial charge in [0.15, 0.2) is 0 Å². The third-order valence-electron chi connectivity index (χ3n) is 6.50. The molecule has 0 aliphatic carbocycles. The molecule has 10 nitrogen and oxygen atoms in total. The Morgan fingerprint density at radius 3 is 2.30 bits per heavy atom. The number of hydrogen-bond acceptors (Lipinski definition) is 6. The fraction of sp³-hybridized carbons (Fsp3) is 0.259. The van der Waals surface area contributed by atoms with Crippen molar-refractivity contribution in [3.05, 3.63) is 87.5 Å². The molecular weight excluding hydrogens is 478 g/mol. The molecule has 0 fully saturated rings. The van der Waals surface area contributed by atoms with E-state index in [2.05, 4.69) is 0 Å². The largest absolute Gasteiger partial charge is 0.480 e. The molecule has 190 valence electrons.